The van der Waals surface area contributed by atoms with Crippen molar-refractivity contribution in [3.63, 3.8) is 0 Å². The highest BCUT2D eigenvalue weighted by atomic mass is 19.4. The van der Waals surface area contributed by atoms with Crippen LogP contribution in [0.5, 0.6) is 0 Å². The van der Waals surface area contributed by atoms with Crippen molar-refractivity contribution in [3.8, 4) is 0 Å². The lowest BCUT2D eigenvalue weighted by Gasteiger charge is -2.10. The Morgan fingerprint density at radius 1 is 1.15 bits per heavy atom. The van der Waals surface area contributed by atoms with Crippen molar-refractivity contribution in [1.29, 1.82) is 0 Å². The van der Waals surface area contributed by atoms with E-state index in [2.05, 4.69) is 25.5 Å². The highest BCUT2D eigenvalue weighted by Gasteiger charge is 2.37. The molecule has 0 spiro atoms. The van der Waals surface area contributed by atoms with E-state index in [0.29, 0.717) is 34.1 Å². The number of hydrogen-bond donors (Lipinski definition) is 1. The molecule has 3 heterocycles. The Balaban J connectivity index is 1.81. The number of nitrogens with zero attached hydrogens (tertiary/aromatic N) is 5. The molecule has 3 aromatic rings. The molecule has 144 valence electrons. The quantitative estimate of drug-likeness (QED) is 0.745. The van der Waals surface area contributed by atoms with Crippen LogP contribution in [0.15, 0.2) is 4.52 Å². The van der Waals surface area contributed by atoms with Crippen LogP contribution in [0.1, 0.15) is 40.7 Å². The molecule has 3 aromatic heterocycles. The van der Waals surface area contributed by atoms with Gasteiger partial charge in [-0.25, -0.2) is 9.50 Å². The number of alkyl halides is 3. The summed E-state index contributed by atoms with van der Waals surface area (Å²) in [6.07, 6.45) is -4.25. The van der Waals surface area contributed by atoms with Crippen LogP contribution in [0, 0.1) is 27.7 Å². The highest BCUT2D eigenvalue weighted by Crippen LogP contribution is 2.27. The minimum Gasteiger partial charge on any atom is -0.359 e. The molecule has 27 heavy (non-hydrogen) atoms. The molecule has 3 rings (SSSR count). The van der Waals surface area contributed by atoms with Gasteiger partial charge in [0.1, 0.15) is 11.4 Å². The lowest BCUT2D eigenvalue weighted by molar-refractivity contribution is -0.144. The van der Waals surface area contributed by atoms with Gasteiger partial charge in [-0.15, -0.1) is 5.10 Å². The van der Waals surface area contributed by atoms with Crippen LogP contribution in [-0.4, -0.2) is 30.6 Å². The van der Waals surface area contributed by atoms with Crippen LogP contribution in [0.2, 0.25) is 0 Å². The lowest BCUT2D eigenvalue weighted by Crippen LogP contribution is -2.15. The first-order chi connectivity index (χ1) is 12.6. The number of aromatic nitrogens is 5. The number of fused-ring (bicyclic) bond motifs is 1. The summed E-state index contributed by atoms with van der Waals surface area (Å²) in [4.78, 5) is 19.7. The van der Waals surface area contributed by atoms with E-state index < -0.39 is 12.0 Å². The fourth-order valence-electron chi connectivity index (χ4n) is 2.79. The number of halogens is 3. The van der Waals surface area contributed by atoms with Crippen LogP contribution in [0.4, 0.5) is 18.9 Å². The van der Waals surface area contributed by atoms with E-state index in [9.17, 15) is 18.0 Å². The minimum absolute atomic E-state index is 0.111. The van der Waals surface area contributed by atoms with E-state index >= 15 is 0 Å². The summed E-state index contributed by atoms with van der Waals surface area (Å²) in [5.74, 6) is -1.14. The van der Waals surface area contributed by atoms with E-state index in [1.165, 1.54) is 0 Å². The van der Waals surface area contributed by atoms with Crippen molar-refractivity contribution in [2.75, 3.05) is 5.32 Å². The smallest absolute Gasteiger partial charge is 0.359 e. The van der Waals surface area contributed by atoms with Gasteiger partial charge in [0, 0.05) is 17.8 Å². The van der Waals surface area contributed by atoms with E-state index in [1.807, 2.05) is 0 Å². The van der Waals surface area contributed by atoms with E-state index in [1.54, 1.807) is 27.7 Å². The maximum Gasteiger partial charge on any atom is 0.453 e. The Bertz CT molecular complexity index is 1000. The number of hydrogen-bond acceptors (Lipinski definition) is 6. The molecule has 0 unspecified atom stereocenters. The maximum atomic E-state index is 12.8. The number of amides is 1. The molecule has 11 heteroatoms. The van der Waals surface area contributed by atoms with Crippen molar-refractivity contribution in [3.05, 3.63) is 34.2 Å². The molecule has 8 nitrogen and oxygen atoms in total. The highest BCUT2D eigenvalue weighted by molar-refractivity contribution is 5.91. The van der Waals surface area contributed by atoms with E-state index in [-0.39, 0.29) is 24.5 Å². The second kappa shape index (κ2) is 6.63. The summed E-state index contributed by atoms with van der Waals surface area (Å²) >= 11 is 0. The van der Waals surface area contributed by atoms with Crippen LogP contribution in [-0.2, 0) is 17.4 Å². The zero-order valence-corrected chi connectivity index (χ0v) is 15.1. The molecular formula is C16H17F3N6O2. The monoisotopic (exact) mass is 382 g/mol. The lowest BCUT2D eigenvalue weighted by atomic mass is 10.1. The predicted octanol–water partition coefficient (Wildman–Crippen LogP) is 2.94. The summed E-state index contributed by atoms with van der Waals surface area (Å²) in [6.45, 7) is 6.68. The largest absolute Gasteiger partial charge is 0.453 e. The second-order valence-electron chi connectivity index (χ2n) is 6.15. The molecule has 0 radical (unpaired) electrons. The molecule has 0 saturated heterocycles. The zero-order valence-electron chi connectivity index (χ0n) is 15.1. The summed E-state index contributed by atoms with van der Waals surface area (Å²) in [7, 11) is 0. The SMILES string of the molecule is Cc1nc2nc(C(F)(F)F)nn2c(C)c1CCC(=O)Nc1c(C)noc1C. The van der Waals surface area contributed by atoms with E-state index in [4.69, 9.17) is 4.52 Å². The molecule has 0 bridgehead atoms. The van der Waals surface area contributed by atoms with Gasteiger partial charge >= 0.3 is 6.18 Å². The average Bonchev–Trinajstić information content (AvgIpc) is 3.13. The van der Waals surface area contributed by atoms with Gasteiger partial charge in [0.2, 0.25) is 5.91 Å². The number of carbonyl (C=O) groups excluding carboxylic acids is 1. The second-order valence-corrected chi connectivity index (χ2v) is 6.15. The number of anilines is 1. The Morgan fingerprint density at radius 2 is 1.85 bits per heavy atom. The number of carbonyl (C=O) groups is 1. The molecule has 1 N–H and O–H groups in total. The van der Waals surface area contributed by atoms with Gasteiger partial charge in [-0.2, -0.15) is 18.2 Å². The fourth-order valence-corrected chi connectivity index (χ4v) is 2.79. The van der Waals surface area contributed by atoms with Crippen molar-refractivity contribution >= 4 is 17.4 Å². The Morgan fingerprint density at radius 3 is 2.44 bits per heavy atom. The average molecular weight is 382 g/mol. The molecule has 0 atom stereocenters. The summed E-state index contributed by atoms with van der Waals surface area (Å²) in [6, 6.07) is 0. The van der Waals surface area contributed by atoms with Gasteiger partial charge in [0.15, 0.2) is 5.76 Å². The first-order valence-corrected chi connectivity index (χ1v) is 8.10. The number of nitrogens with one attached hydrogen (secondary N) is 1. The van der Waals surface area contributed by atoms with Gasteiger partial charge in [-0.3, -0.25) is 4.79 Å². The topological polar surface area (TPSA) is 98.2 Å². The normalized spacial score (nSPS) is 12.0. The first kappa shape index (κ1) is 18.8. The Labute approximate surface area is 151 Å². The van der Waals surface area contributed by atoms with Crippen LogP contribution < -0.4 is 5.32 Å². The summed E-state index contributed by atoms with van der Waals surface area (Å²) in [5, 5.41) is 9.98. The predicted molar refractivity (Wildman–Crippen MR) is 88.2 cm³/mol. The van der Waals surface area contributed by atoms with Crippen molar-refractivity contribution in [2.45, 2.75) is 46.7 Å². The van der Waals surface area contributed by atoms with Gasteiger partial charge in [0.25, 0.3) is 11.6 Å². The summed E-state index contributed by atoms with van der Waals surface area (Å²) in [5.41, 5.74) is 2.71. The Kier molecular flexibility index (Phi) is 4.62. The third-order valence-electron chi connectivity index (χ3n) is 4.20. The number of aryl methyl sites for hydroxylation is 4. The van der Waals surface area contributed by atoms with Gasteiger partial charge in [-0.1, -0.05) is 5.16 Å². The molecule has 0 aliphatic heterocycles. The number of rotatable bonds is 4. The molecule has 1 amide bonds. The zero-order chi connectivity index (χ0) is 19.9. The van der Waals surface area contributed by atoms with Crippen LogP contribution in [0.25, 0.3) is 5.78 Å². The molecular weight excluding hydrogens is 365 g/mol. The standard InChI is InChI=1S/C16H17F3N6O2/c1-7-11(5-6-12(26)21-13-8(2)24-27-10(13)4)9(3)25-15(20-7)22-14(23-25)16(17,18)19/h5-6H2,1-4H3,(H,21,26). The molecule has 0 fully saturated rings. The van der Waals surface area contributed by atoms with E-state index in [0.717, 1.165) is 4.52 Å². The third kappa shape index (κ3) is 3.62. The van der Waals surface area contributed by atoms with Gasteiger partial charge < -0.3 is 9.84 Å². The molecule has 0 saturated carbocycles. The van der Waals surface area contributed by atoms with Crippen molar-refractivity contribution in [1.82, 2.24) is 24.7 Å². The van der Waals surface area contributed by atoms with Gasteiger partial charge in [-0.05, 0) is 39.7 Å². The first-order valence-electron chi connectivity index (χ1n) is 8.10. The molecule has 0 aromatic carbocycles. The summed E-state index contributed by atoms with van der Waals surface area (Å²) < 4.78 is 44.5. The van der Waals surface area contributed by atoms with Gasteiger partial charge in [0.05, 0.1) is 0 Å². The maximum absolute atomic E-state index is 12.8. The molecule has 0 aliphatic carbocycles. The van der Waals surface area contributed by atoms with Crippen molar-refractivity contribution in [2.24, 2.45) is 0 Å². The van der Waals surface area contributed by atoms with Crippen molar-refractivity contribution < 1.29 is 22.5 Å². The fraction of sp³-hybridized carbons (Fsp3) is 0.438. The Hall–Kier alpha value is -2.98. The molecule has 0 aliphatic rings. The van der Waals surface area contributed by atoms with Crippen LogP contribution in [0.3, 0.4) is 0 Å². The minimum atomic E-state index is -4.65. The van der Waals surface area contributed by atoms with Crippen LogP contribution >= 0.6 is 0 Å². The third-order valence-corrected chi connectivity index (χ3v) is 4.20.